The van der Waals surface area contributed by atoms with E-state index in [1.165, 1.54) is 30.4 Å². The SMILES string of the molecule is CNC(=O)c1cc([N+](=O)[O-])ccc1NC1CCCc2c1cnn2Cc1ccccc1. The monoisotopic (exact) mass is 405 g/mol. The minimum atomic E-state index is -0.497. The molecule has 2 aromatic carbocycles. The molecule has 8 heteroatoms. The molecule has 1 aliphatic carbocycles. The van der Waals surface area contributed by atoms with Crippen molar-refractivity contribution in [1.82, 2.24) is 15.1 Å². The van der Waals surface area contributed by atoms with Crippen molar-refractivity contribution in [1.29, 1.82) is 0 Å². The molecule has 2 N–H and O–H groups in total. The van der Waals surface area contributed by atoms with Crippen LogP contribution in [0.15, 0.2) is 54.7 Å². The van der Waals surface area contributed by atoms with Crippen LogP contribution in [0.1, 0.15) is 46.1 Å². The molecule has 1 amide bonds. The van der Waals surface area contributed by atoms with Gasteiger partial charge < -0.3 is 10.6 Å². The largest absolute Gasteiger partial charge is 0.377 e. The van der Waals surface area contributed by atoms with Gasteiger partial charge in [-0.3, -0.25) is 19.6 Å². The first-order chi connectivity index (χ1) is 14.6. The van der Waals surface area contributed by atoms with Gasteiger partial charge >= 0.3 is 0 Å². The molecule has 0 spiro atoms. The molecular formula is C22H23N5O3. The molecular weight excluding hydrogens is 382 g/mol. The Bertz CT molecular complexity index is 1080. The number of benzene rings is 2. The highest BCUT2D eigenvalue weighted by Gasteiger charge is 2.26. The van der Waals surface area contributed by atoms with Crippen LogP contribution in [0.5, 0.6) is 0 Å². The van der Waals surface area contributed by atoms with Crippen LogP contribution in [0.4, 0.5) is 11.4 Å². The predicted octanol–water partition coefficient (Wildman–Crippen LogP) is 3.69. The van der Waals surface area contributed by atoms with Gasteiger partial charge in [-0.25, -0.2) is 0 Å². The maximum absolute atomic E-state index is 12.3. The van der Waals surface area contributed by atoms with Gasteiger partial charge in [-0.2, -0.15) is 5.10 Å². The van der Waals surface area contributed by atoms with Crippen LogP contribution in [0, 0.1) is 10.1 Å². The molecule has 0 fully saturated rings. The fourth-order valence-electron chi connectivity index (χ4n) is 3.94. The summed E-state index contributed by atoms with van der Waals surface area (Å²) in [7, 11) is 1.51. The number of carbonyl (C=O) groups is 1. The molecule has 0 saturated heterocycles. The third-order valence-corrected chi connectivity index (χ3v) is 5.45. The van der Waals surface area contributed by atoms with Crippen LogP contribution < -0.4 is 10.6 Å². The van der Waals surface area contributed by atoms with Gasteiger partial charge in [0.05, 0.1) is 29.3 Å². The Balaban J connectivity index is 1.62. The smallest absolute Gasteiger partial charge is 0.270 e. The van der Waals surface area contributed by atoms with E-state index in [9.17, 15) is 14.9 Å². The number of nitro benzene ring substituents is 1. The fourth-order valence-corrected chi connectivity index (χ4v) is 3.94. The highest BCUT2D eigenvalue weighted by Crippen LogP contribution is 2.34. The van der Waals surface area contributed by atoms with Gasteiger partial charge in [0.1, 0.15) is 0 Å². The average Bonchev–Trinajstić information content (AvgIpc) is 3.18. The van der Waals surface area contributed by atoms with Crippen molar-refractivity contribution < 1.29 is 9.72 Å². The zero-order chi connectivity index (χ0) is 21.1. The predicted molar refractivity (Wildman–Crippen MR) is 114 cm³/mol. The van der Waals surface area contributed by atoms with Gasteiger partial charge in [-0.05, 0) is 30.9 Å². The van der Waals surface area contributed by atoms with Crippen molar-refractivity contribution in [2.24, 2.45) is 0 Å². The topological polar surface area (TPSA) is 102 Å². The average molecular weight is 405 g/mol. The summed E-state index contributed by atoms with van der Waals surface area (Å²) in [5.74, 6) is -0.364. The maximum atomic E-state index is 12.3. The molecule has 0 aliphatic heterocycles. The molecule has 154 valence electrons. The second kappa shape index (κ2) is 8.36. The first-order valence-corrected chi connectivity index (χ1v) is 9.92. The van der Waals surface area contributed by atoms with Crippen LogP contribution in [0.2, 0.25) is 0 Å². The second-order valence-corrected chi connectivity index (χ2v) is 7.35. The van der Waals surface area contributed by atoms with Crippen LogP contribution in [-0.4, -0.2) is 27.7 Å². The number of fused-ring (bicyclic) bond motifs is 1. The summed E-state index contributed by atoms with van der Waals surface area (Å²) in [6.07, 6.45) is 4.73. The molecule has 0 saturated carbocycles. The number of hydrogen-bond donors (Lipinski definition) is 2. The number of rotatable bonds is 6. The molecule has 1 aromatic heterocycles. The summed E-state index contributed by atoms with van der Waals surface area (Å²) in [6, 6.07) is 14.5. The molecule has 1 atom stereocenters. The van der Waals surface area contributed by atoms with E-state index in [0.717, 1.165) is 24.8 Å². The van der Waals surface area contributed by atoms with E-state index in [0.29, 0.717) is 12.2 Å². The fraction of sp³-hybridized carbons (Fsp3) is 0.273. The summed E-state index contributed by atoms with van der Waals surface area (Å²) in [6.45, 7) is 0.712. The lowest BCUT2D eigenvalue weighted by Crippen LogP contribution is -2.23. The summed E-state index contributed by atoms with van der Waals surface area (Å²) in [5.41, 5.74) is 4.21. The lowest BCUT2D eigenvalue weighted by molar-refractivity contribution is -0.384. The van der Waals surface area contributed by atoms with Gasteiger partial charge in [-0.1, -0.05) is 30.3 Å². The zero-order valence-corrected chi connectivity index (χ0v) is 16.7. The van der Waals surface area contributed by atoms with Gasteiger partial charge in [0.25, 0.3) is 11.6 Å². The van der Waals surface area contributed by atoms with E-state index in [1.807, 2.05) is 29.1 Å². The van der Waals surface area contributed by atoms with Crippen molar-refractivity contribution in [3.05, 3.63) is 87.2 Å². The number of non-ortho nitro benzene ring substituents is 1. The number of amides is 1. The van der Waals surface area contributed by atoms with E-state index in [2.05, 4.69) is 27.9 Å². The Morgan fingerprint density at radius 3 is 2.80 bits per heavy atom. The van der Waals surface area contributed by atoms with Crippen LogP contribution in [0.3, 0.4) is 0 Å². The molecule has 4 rings (SSSR count). The highest BCUT2D eigenvalue weighted by molar-refractivity contribution is 6.00. The minimum Gasteiger partial charge on any atom is -0.377 e. The second-order valence-electron chi connectivity index (χ2n) is 7.35. The Hall–Kier alpha value is -3.68. The van der Waals surface area contributed by atoms with E-state index >= 15 is 0 Å². The van der Waals surface area contributed by atoms with E-state index in [-0.39, 0.29) is 23.2 Å². The summed E-state index contributed by atoms with van der Waals surface area (Å²) in [5, 5.41) is 21.7. The van der Waals surface area contributed by atoms with Gasteiger partial charge in [0, 0.05) is 36.1 Å². The number of carbonyl (C=O) groups excluding carboxylic acids is 1. The number of nitrogens with zero attached hydrogens (tertiary/aromatic N) is 3. The van der Waals surface area contributed by atoms with Crippen molar-refractivity contribution in [2.45, 2.75) is 31.8 Å². The van der Waals surface area contributed by atoms with Crippen LogP contribution >= 0.6 is 0 Å². The molecule has 0 bridgehead atoms. The maximum Gasteiger partial charge on any atom is 0.270 e. The minimum absolute atomic E-state index is 0.0110. The Morgan fingerprint density at radius 1 is 1.27 bits per heavy atom. The Morgan fingerprint density at radius 2 is 2.07 bits per heavy atom. The molecule has 8 nitrogen and oxygen atoms in total. The van der Waals surface area contributed by atoms with Gasteiger partial charge in [0.2, 0.25) is 0 Å². The summed E-state index contributed by atoms with van der Waals surface area (Å²) < 4.78 is 2.04. The van der Waals surface area contributed by atoms with Gasteiger partial charge in [-0.15, -0.1) is 0 Å². The molecule has 0 radical (unpaired) electrons. The third kappa shape index (κ3) is 3.89. The quantitative estimate of drug-likeness (QED) is 0.481. The van der Waals surface area contributed by atoms with E-state index < -0.39 is 4.92 Å². The number of nitro groups is 1. The normalized spacial score (nSPS) is 15.3. The molecule has 30 heavy (non-hydrogen) atoms. The third-order valence-electron chi connectivity index (χ3n) is 5.45. The molecule has 1 heterocycles. The standard InChI is InChI=1S/C22H23N5O3/c1-23-22(28)17-12-16(27(29)30)10-11-20(17)25-19-8-5-9-21-18(19)13-24-26(21)14-15-6-3-2-4-7-15/h2-4,6-7,10-13,19,25H,5,8-9,14H2,1H3,(H,23,28). The zero-order valence-electron chi connectivity index (χ0n) is 16.7. The molecule has 1 unspecified atom stereocenters. The van der Waals surface area contributed by atoms with Crippen molar-refractivity contribution in [3.8, 4) is 0 Å². The summed E-state index contributed by atoms with van der Waals surface area (Å²) >= 11 is 0. The first kappa shape index (κ1) is 19.6. The number of hydrogen-bond acceptors (Lipinski definition) is 5. The van der Waals surface area contributed by atoms with Crippen LogP contribution in [0.25, 0.3) is 0 Å². The van der Waals surface area contributed by atoms with Crippen molar-refractivity contribution in [3.63, 3.8) is 0 Å². The number of anilines is 1. The van der Waals surface area contributed by atoms with Crippen molar-refractivity contribution >= 4 is 17.3 Å². The lowest BCUT2D eigenvalue weighted by Gasteiger charge is -2.26. The number of aromatic nitrogens is 2. The van der Waals surface area contributed by atoms with Gasteiger partial charge in [0.15, 0.2) is 0 Å². The Kier molecular flexibility index (Phi) is 5.47. The first-order valence-electron chi connectivity index (χ1n) is 9.92. The van der Waals surface area contributed by atoms with E-state index in [4.69, 9.17) is 0 Å². The lowest BCUT2D eigenvalue weighted by atomic mass is 9.92. The summed E-state index contributed by atoms with van der Waals surface area (Å²) in [4.78, 5) is 22.9. The van der Waals surface area contributed by atoms with E-state index in [1.54, 1.807) is 6.07 Å². The molecule has 1 aliphatic rings. The Labute approximate surface area is 174 Å². The highest BCUT2D eigenvalue weighted by atomic mass is 16.6. The van der Waals surface area contributed by atoms with Crippen LogP contribution in [-0.2, 0) is 13.0 Å². The number of nitrogens with one attached hydrogen (secondary N) is 2. The van der Waals surface area contributed by atoms with Crippen molar-refractivity contribution in [2.75, 3.05) is 12.4 Å². The molecule has 3 aromatic rings.